The van der Waals surface area contributed by atoms with E-state index in [0.29, 0.717) is 0 Å². The number of nitrogens with one attached hydrogen (secondary N) is 1. The molecule has 1 saturated carbocycles. The van der Waals surface area contributed by atoms with Gasteiger partial charge in [-0.1, -0.05) is 0 Å². The fourth-order valence-corrected chi connectivity index (χ4v) is 1.25. The lowest BCUT2D eigenvalue weighted by Crippen LogP contribution is -2.25. The summed E-state index contributed by atoms with van der Waals surface area (Å²) >= 11 is 0. The van der Waals surface area contributed by atoms with E-state index in [4.69, 9.17) is 0 Å². The van der Waals surface area contributed by atoms with Crippen molar-refractivity contribution in [2.24, 2.45) is 5.92 Å². The topological polar surface area (TPSA) is 46.2 Å². The van der Waals surface area contributed by atoms with E-state index >= 15 is 0 Å². The number of alkyl halides is 2. The van der Waals surface area contributed by atoms with Gasteiger partial charge in [0.2, 0.25) is 10.0 Å². The number of rotatable bonds is 3. The first-order valence-corrected chi connectivity index (χ1v) is 5.03. The molecule has 11 heavy (non-hydrogen) atoms. The standard InChI is InChI=1S/C5H9F2NO2S/c1-11(9,10)8-3-4-2-5(4,6)7/h4,8H,2-3H2,1H3. The van der Waals surface area contributed by atoms with E-state index in [9.17, 15) is 17.2 Å². The van der Waals surface area contributed by atoms with Crippen molar-refractivity contribution in [2.75, 3.05) is 12.8 Å². The van der Waals surface area contributed by atoms with Gasteiger partial charge in [-0.05, 0) is 0 Å². The molecule has 1 atom stereocenters. The molecule has 0 aliphatic heterocycles. The predicted octanol–water partition coefficient (Wildman–Crippen LogP) is 0.191. The zero-order valence-electron chi connectivity index (χ0n) is 5.97. The minimum atomic E-state index is -3.31. The highest BCUT2D eigenvalue weighted by atomic mass is 32.2. The maximum absolute atomic E-state index is 12.1. The highest BCUT2D eigenvalue weighted by Crippen LogP contribution is 2.47. The molecule has 0 radical (unpaired) electrons. The fraction of sp³-hybridized carbons (Fsp3) is 1.00. The molecular formula is C5H9F2NO2S. The number of sulfonamides is 1. The molecule has 1 fully saturated rings. The van der Waals surface area contributed by atoms with Gasteiger partial charge in [0.1, 0.15) is 0 Å². The Morgan fingerprint density at radius 3 is 2.36 bits per heavy atom. The molecule has 0 saturated heterocycles. The van der Waals surface area contributed by atoms with E-state index in [1.54, 1.807) is 0 Å². The molecule has 3 nitrogen and oxygen atoms in total. The molecule has 0 spiro atoms. The minimum absolute atomic E-state index is 0.147. The van der Waals surface area contributed by atoms with E-state index in [2.05, 4.69) is 0 Å². The van der Waals surface area contributed by atoms with Crippen LogP contribution in [0.1, 0.15) is 6.42 Å². The van der Waals surface area contributed by atoms with Crippen molar-refractivity contribution in [3.63, 3.8) is 0 Å². The van der Waals surface area contributed by atoms with E-state index in [1.165, 1.54) is 0 Å². The van der Waals surface area contributed by atoms with Crippen LogP contribution in [0.5, 0.6) is 0 Å². The average molecular weight is 185 g/mol. The highest BCUT2D eigenvalue weighted by Gasteiger charge is 2.56. The van der Waals surface area contributed by atoms with Crippen LogP contribution in [0.2, 0.25) is 0 Å². The molecule has 66 valence electrons. The SMILES string of the molecule is CS(=O)(=O)NCC1CC1(F)F. The maximum atomic E-state index is 12.1. The second kappa shape index (κ2) is 2.38. The highest BCUT2D eigenvalue weighted by molar-refractivity contribution is 7.88. The van der Waals surface area contributed by atoms with Crippen LogP contribution in [0, 0.1) is 5.92 Å². The lowest BCUT2D eigenvalue weighted by Gasteiger charge is -1.99. The average Bonchev–Trinajstić information content (AvgIpc) is 2.33. The Labute approximate surface area is 63.8 Å². The minimum Gasteiger partial charge on any atom is -0.215 e. The van der Waals surface area contributed by atoms with Crippen LogP contribution in [0.3, 0.4) is 0 Å². The van der Waals surface area contributed by atoms with Gasteiger partial charge in [-0.3, -0.25) is 0 Å². The molecule has 0 heterocycles. The zero-order chi connectivity index (χ0) is 8.70. The molecule has 0 aromatic heterocycles. The van der Waals surface area contributed by atoms with Crippen LogP contribution in [0.25, 0.3) is 0 Å². The van der Waals surface area contributed by atoms with Crippen molar-refractivity contribution in [3.8, 4) is 0 Å². The third kappa shape index (κ3) is 2.70. The van der Waals surface area contributed by atoms with Crippen molar-refractivity contribution >= 4 is 10.0 Å². The molecule has 1 aliphatic carbocycles. The summed E-state index contributed by atoms with van der Waals surface area (Å²) in [7, 11) is -3.31. The van der Waals surface area contributed by atoms with E-state index in [-0.39, 0.29) is 13.0 Å². The van der Waals surface area contributed by atoms with Gasteiger partial charge in [0.25, 0.3) is 5.92 Å². The van der Waals surface area contributed by atoms with Gasteiger partial charge in [0, 0.05) is 18.9 Å². The number of halogens is 2. The Bertz CT molecular complexity index is 249. The summed E-state index contributed by atoms with van der Waals surface area (Å²) in [4.78, 5) is 0. The van der Waals surface area contributed by atoms with Crippen LogP contribution >= 0.6 is 0 Å². The molecule has 0 bridgehead atoms. The largest absolute Gasteiger partial charge is 0.252 e. The first-order chi connectivity index (χ1) is 4.81. The summed E-state index contributed by atoms with van der Waals surface area (Å²) in [5.41, 5.74) is 0. The lowest BCUT2D eigenvalue weighted by atomic mass is 10.4. The van der Waals surface area contributed by atoms with Crippen molar-refractivity contribution in [3.05, 3.63) is 0 Å². The zero-order valence-corrected chi connectivity index (χ0v) is 6.79. The second-order valence-electron chi connectivity index (χ2n) is 2.78. The van der Waals surface area contributed by atoms with Crippen LogP contribution in [0.15, 0.2) is 0 Å². The molecule has 0 amide bonds. The van der Waals surface area contributed by atoms with Crippen molar-refractivity contribution in [1.82, 2.24) is 4.72 Å². The maximum Gasteiger partial charge on any atom is 0.252 e. The summed E-state index contributed by atoms with van der Waals surface area (Å²) < 4.78 is 47.1. The van der Waals surface area contributed by atoms with Crippen LogP contribution in [-0.4, -0.2) is 27.1 Å². The van der Waals surface area contributed by atoms with Gasteiger partial charge >= 0.3 is 0 Å². The van der Waals surface area contributed by atoms with E-state index < -0.39 is 21.9 Å². The van der Waals surface area contributed by atoms with Crippen LogP contribution in [0.4, 0.5) is 8.78 Å². The molecule has 1 rings (SSSR count). The summed E-state index contributed by atoms with van der Waals surface area (Å²) in [5.74, 6) is -3.44. The monoisotopic (exact) mass is 185 g/mol. The summed E-state index contributed by atoms with van der Waals surface area (Å²) in [6.07, 6.45) is 0.753. The Hall–Kier alpha value is -0.230. The fourth-order valence-electron chi connectivity index (χ4n) is 0.743. The van der Waals surface area contributed by atoms with Gasteiger partial charge in [-0.25, -0.2) is 21.9 Å². The van der Waals surface area contributed by atoms with Crippen LogP contribution < -0.4 is 4.72 Å². The molecule has 0 aromatic carbocycles. The lowest BCUT2D eigenvalue weighted by molar-refractivity contribution is 0.0998. The molecule has 1 N–H and O–H groups in total. The van der Waals surface area contributed by atoms with Crippen molar-refractivity contribution < 1.29 is 17.2 Å². The van der Waals surface area contributed by atoms with Gasteiger partial charge < -0.3 is 0 Å². The van der Waals surface area contributed by atoms with Gasteiger partial charge in [0.05, 0.1) is 6.26 Å². The Morgan fingerprint density at radius 1 is 1.64 bits per heavy atom. The molecule has 6 heteroatoms. The Balaban J connectivity index is 2.27. The van der Waals surface area contributed by atoms with Crippen molar-refractivity contribution in [2.45, 2.75) is 12.3 Å². The third-order valence-electron chi connectivity index (χ3n) is 1.55. The summed E-state index contributed by atoms with van der Waals surface area (Å²) in [6.45, 7) is -0.147. The predicted molar refractivity (Wildman–Crippen MR) is 35.9 cm³/mol. The first kappa shape index (κ1) is 8.86. The van der Waals surface area contributed by atoms with Gasteiger partial charge in [0.15, 0.2) is 0 Å². The summed E-state index contributed by atoms with van der Waals surface area (Å²) in [5, 5.41) is 0. The first-order valence-electron chi connectivity index (χ1n) is 3.14. The second-order valence-corrected chi connectivity index (χ2v) is 4.62. The number of hydrogen-bond donors (Lipinski definition) is 1. The van der Waals surface area contributed by atoms with Crippen LogP contribution in [-0.2, 0) is 10.0 Å². The summed E-state index contributed by atoms with van der Waals surface area (Å²) in [6, 6.07) is 0. The Kier molecular flexibility index (Phi) is 1.92. The quantitative estimate of drug-likeness (QED) is 0.682. The van der Waals surface area contributed by atoms with E-state index in [0.717, 1.165) is 6.26 Å². The van der Waals surface area contributed by atoms with E-state index in [1.807, 2.05) is 4.72 Å². The molecular weight excluding hydrogens is 176 g/mol. The smallest absolute Gasteiger partial charge is 0.215 e. The molecule has 1 unspecified atom stereocenters. The van der Waals surface area contributed by atoms with Crippen molar-refractivity contribution in [1.29, 1.82) is 0 Å². The third-order valence-corrected chi connectivity index (χ3v) is 2.24. The number of hydrogen-bond acceptors (Lipinski definition) is 2. The van der Waals surface area contributed by atoms with Gasteiger partial charge in [-0.2, -0.15) is 0 Å². The molecule has 0 aromatic rings. The molecule has 1 aliphatic rings. The normalized spacial score (nSPS) is 28.5. The van der Waals surface area contributed by atoms with Gasteiger partial charge in [-0.15, -0.1) is 0 Å². The Morgan fingerprint density at radius 2 is 2.09 bits per heavy atom.